The summed E-state index contributed by atoms with van der Waals surface area (Å²) in [6.07, 6.45) is -2.00. The van der Waals surface area contributed by atoms with Gasteiger partial charge in [0, 0.05) is 30.5 Å². The summed E-state index contributed by atoms with van der Waals surface area (Å²) in [5.41, 5.74) is 3.09. The summed E-state index contributed by atoms with van der Waals surface area (Å²) in [7, 11) is 1.05. The Morgan fingerprint density at radius 1 is 1.13 bits per heavy atom. The number of aromatic nitrogens is 1. The Bertz CT molecular complexity index is 1060. The normalized spacial score (nSPS) is 11.1. The minimum absolute atomic E-state index is 0.0952. The number of aryl methyl sites for hydroxylation is 1. The molecule has 0 atom stereocenters. The number of carbonyl (C=O) groups is 2. The largest absolute Gasteiger partial charge is 0.471 e. The SMILES string of the molecule is Cc1cc(NC(=O)NCc2ccc(N(C)C(=O)C(F)(F)F)cc2)ccc1-c1cnco1. The first-order valence-electron chi connectivity index (χ1n) is 9.13. The molecule has 0 aliphatic heterocycles. The first-order chi connectivity index (χ1) is 14.6. The summed E-state index contributed by atoms with van der Waals surface area (Å²) < 4.78 is 42.8. The summed E-state index contributed by atoms with van der Waals surface area (Å²) in [5.74, 6) is -1.33. The Kier molecular flexibility index (Phi) is 6.28. The maximum atomic E-state index is 12.5. The number of halogens is 3. The van der Waals surface area contributed by atoms with Crippen molar-refractivity contribution in [1.82, 2.24) is 10.3 Å². The van der Waals surface area contributed by atoms with Crippen LogP contribution in [0, 0.1) is 6.92 Å². The van der Waals surface area contributed by atoms with Gasteiger partial charge in [-0.1, -0.05) is 12.1 Å². The fourth-order valence-electron chi connectivity index (χ4n) is 2.87. The minimum Gasteiger partial charge on any atom is -0.444 e. The number of carbonyl (C=O) groups excluding carboxylic acids is 2. The number of oxazole rings is 1. The third-order valence-electron chi connectivity index (χ3n) is 4.51. The molecule has 7 nitrogen and oxygen atoms in total. The van der Waals surface area contributed by atoms with Gasteiger partial charge in [-0.15, -0.1) is 0 Å². The molecule has 1 heterocycles. The molecular formula is C21H19F3N4O3. The Balaban J connectivity index is 1.55. The molecule has 0 saturated heterocycles. The first kappa shape index (κ1) is 21.9. The molecule has 0 unspecified atom stereocenters. The lowest BCUT2D eigenvalue weighted by Gasteiger charge is -2.19. The summed E-state index contributed by atoms with van der Waals surface area (Å²) in [4.78, 5) is 27.8. The topological polar surface area (TPSA) is 87.5 Å². The molecular weight excluding hydrogens is 413 g/mol. The van der Waals surface area contributed by atoms with Crippen LogP contribution < -0.4 is 15.5 Å². The van der Waals surface area contributed by atoms with E-state index in [9.17, 15) is 22.8 Å². The highest BCUT2D eigenvalue weighted by Gasteiger charge is 2.41. The molecule has 1 aromatic heterocycles. The van der Waals surface area contributed by atoms with E-state index >= 15 is 0 Å². The van der Waals surface area contributed by atoms with Crippen LogP contribution in [0.3, 0.4) is 0 Å². The predicted molar refractivity (Wildman–Crippen MR) is 108 cm³/mol. The van der Waals surface area contributed by atoms with Gasteiger partial charge in [-0.2, -0.15) is 13.2 Å². The molecule has 2 aromatic carbocycles. The van der Waals surface area contributed by atoms with Crippen LogP contribution in [0.25, 0.3) is 11.3 Å². The number of amides is 3. The van der Waals surface area contributed by atoms with Crippen LogP contribution in [0.5, 0.6) is 0 Å². The molecule has 10 heteroatoms. The van der Waals surface area contributed by atoms with Crippen molar-refractivity contribution >= 4 is 23.3 Å². The van der Waals surface area contributed by atoms with Gasteiger partial charge in [0.25, 0.3) is 0 Å². The molecule has 0 aliphatic carbocycles. The van der Waals surface area contributed by atoms with Crippen LogP contribution in [0.1, 0.15) is 11.1 Å². The van der Waals surface area contributed by atoms with Crippen molar-refractivity contribution in [1.29, 1.82) is 0 Å². The van der Waals surface area contributed by atoms with Crippen molar-refractivity contribution in [3.05, 3.63) is 66.2 Å². The standard InChI is InChI=1S/C21H19F3N4O3/c1-13-9-15(5-8-17(13)18-11-25-12-31-18)27-20(30)26-10-14-3-6-16(7-4-14)28(2)19(29)21(22,23)24/h3-9,11-12H,10H2,1-2H3,(H2,26,27,30). The summed E-state index contributed by atoms with van der Waals surface area (Å²) in [6.45, 7) is 2.03. The lowest BCUT2D eigenvalue weighted by Crippen LogP contribution is -2.38. The maximum absolute atomic E-state index is 12.5. The molecule has 0 radical (unpaired) electrons. The van der Waals surface area contributed by atoms with Crippen molar-refractivity contribution in [2.75, 3.05) is 17.3 Å². The van der Waals surface area contributed by atoms with Gasteiger partial charge in [-0.25, -0.2) is 9.78 Å². The third kappa shape index (κ3) is 5.41. The average Bonchev–Trinajstić information content (AvgIpc) is 3.25. The number of nitrogens with zero attached hydrogens (tertiary/aromatic N) is 2. The fourth-order valence-corrected chi connectivity index (χ4v) is 2.87. The third-order valence-corrected chi connectivity index (χ3v) is 4.51. The van der Waals surface area contributed by atoms with E-state index in [2.05, 4.69) is 15.6 Å². The summed E-state index contributed by atoms with van der Waals surface area (Å²) in [6, 6.07) is 10.7. The van der Waals surface area contributed by atoms with E-state index in [-0.39, 0.29) is 12.2 Å². The van der Waals surface area contributed by atoms with Gasteiger partial charge in [-0.3, -0.25) is 4.79 Å². The van der Waals surface area contributed by atoms with E-state index in [1.165, 1.54) is 30.7 Å². The van der Waals surface area contributed by atoms with Crippen LogP contribution >= 0.6 is 0 Å². The molecule has 0 bridgehead atoms. The number of hydrogen-bond donors (Lipinski definition) is 2. The second-order valence-corrected chi connectivity index (χ2v) is 6.73. The zero-order chi connectivity index (χ0) is 22.6. The average molecular weight is 432 g/mol. The van der Waals surface area contributed by atoms with Crippen LogP contribution in [0.15, 0.2) is 59.5 Å². The highest BCUT2D eigenvalue weighted by Crippen LogP contribution is 2.26. The molecule has 0 aliphatic rings. The van der Waals surface area contributed by atoms with Gasteiger partial charge >= 0.3 is 18.1 Å². The highest BCUT2D eigenvalue weighted by atomic mass is 19.4. The van der Waals surface area contributed by atoms with Crippen LogP contribution in [0.4, 0.5) is 29.3 Å². The number of alkyl halides is 3. The number of urea groups is 1. The Hall–Kier alpha value is -3.82. The van der Waals surface area contributed by atoms with Gasteiger partial charge in [-0.05, 0) is 48.4 Å². The predicted octanol–water partition coefficient (Wildman–Crippen LogP) is 4.50. The Labute approximate surface area is 175 Å². The van der Waals surface area contributed by atoms with E-state index in [1.54, 1.807) is 18.3 Å². The van der Waals surface area contributed by atoms with Crippen molar-refractivity contribution in [3.63, 3.8) is 0 Å². The van der Waals surface area contributed by atoms with Crippen molar-refractivity contribution in [2.45, 2.75) is 19.6 Å². The quantitative estimate of drug-likeness (QED) is 0.622. The van der Waals surface area contributed by atoms with E-state index in [0.717, 1.165) is 18.2 Å². The zero-order valence-corrected chi connectivity index (χ0v) is 16.7. The second kappa shape index (κ2) is 8.90. The molecule has 0 spiro atoms. The van der Waals surface area contributed by atoms with E-state index in [1.807, 2.05) is 13.0 Å². The minimum atomic E-state index is -4.95. The first-order valence-corrected chi connectivity index (χ1v) is 9.13. The van der Waals surface area contributed by atoms with Crippen molar-refractivity contribution < 1.29 is 27.2 Å². The number of anilines is 2. The molecule has 3 aromatic rings. The summed E-state index contributed by atoms with van der Waals surface area (Å²) in [5, 5.41) is 5.38. The van der Waals surface area contributed by atoms with Gasteiger partial charge in [0.2, 0.25) is 0 Å². The highest BCUT2D eigenvalue weighted by molar-refractivity contribution is 5.96. The Morgan fingerprint density at radius 2 is 1.84 bits per heavy atom. The van der Waals surface area contributed by atoms with Crippen LogP contribution in [0.2, 0.25) is 0 Å². The molecule has 3 rings (SSSR count). The van der Waals surface area contributed by atoms with Crippen LogP contribution in [-0.2, 0) is 11.3 Å². The molecule has 31 heavy (non-hydrogen) atoms. The van der Waals surface area contributed by atoms with Gasteiger partial charge in [0.1, 0.15) is 0 Å². The molecule has 162 valence electrons. The van der Waals surface area contributed by atoms with Crippen molar-refractivity contribution in [3.8, 4) is 11.3 Å². The number of benzene rings is 2. The second-order valence-electron chi connectivity index (χ2n) is 6.73. The zero-order valence-electron chi connectivity index (χ0n) is 16.7. The number of rotatable bonds is 5. The van der Waals surface area contributed by atoms with E-state index in [4.69, 9.17) is 4.42 Å². The van der Waals surface area contributed by atoms with Crippen LogP contribution in [-0.4, -0.2) is 30.1 Å². The van der Waals surface area contributed by atoms with Gasteiger partial charge in [0.15, 0.2) is 12.2 Å². The molecule has 0 saturated carbocycles. The molecule has 2 N–H and O–H groups in total. The van der Waals surface area contributed by atoms with Gasteiger partial charge < -0.3 is 20.0 Å². The van der Waals surface area contributed by atoms with Gasteiger partial charge in [0.05, 0.1) is 6.20 Å². The number of hydrogen-bond acceptors (Lipinski definition) is 4. The summed E-state index contributed by atoms with van der Waals surface area (Å²) >= 11 is 0. The molecule has 3 amide bonds. The molecule has 0 fully saturated rings. The number of nitrogens with one attached hydrogen (secondary N) is 2. The maximum Gasteiger partial charge on any atom is 0.471 e. The van der Waals surface area contributed by atoms with E-state index in [0.29, 0.717) is 21.9 Å². The van der Waals surface area contributed by atoms with Crippen molar-refractivity contribution in [2.24, 2.45) is 0 Å². The lowest BCUT2D eigenvalue weighted by molar-refractivity contribution is -0.170. The fraction of sp³-hybridized carbons (Fsp3) is 0.190. The Morgan fingerprint density at radius 3 is 2.42 bits per heavy atom. The van der Waals surface area contributed by atoms with E-state index < -0.39 is 18.1 Å². The monoisotopic (exact) mass is 432 g/mol. The smallest absolute Gasteiger partial charge is 0.444 e. The lowest BCUT2D eigenvalue weighted by atomic mass is 10.1.